The summed E-state index contributed by atoms with van der Waals surface area (Å²) in [6.07, 6.45) is 0. The van der Waals surface area contributed by atoms with Gasteiger partial charge >= 0.3 is 0 Å². The van der Waals surface area contributed by atoms with E-state index in [1.54, 1.807) is 19.2 Å². The van der Waals surface area contributed by atoms with E-state index in [-0.39, 0.29) is 17.5 Å². The number of benzene rings is 2. The summed E-state index contributed by atoms with van der Waals surface area (Å²) >= 11 is 1.35. The van der Waals surface area contributed by atoms with Crippen molar-refractivity contribution in [3.63, 3.8) is 0 Å². The van der Waals surface area contributed by atoms with E-state index in [0.29, 0.717) is 16.4 Å². The van der Waals surface area contributed by atoms with Gasteiger partial charge in [0.05, 0.1) is 4.88 Å². The number of hydrogen-bond donors (Lipinski definition) is 2. The summed E-state index contributed by atoms with van der Waals surface area (Å²) in [5.74, 6) is -0.107. The molecule has 6 nitrogen and oxygen atoms in total. The molecule has 0 spiro atoms. The van der Waals surface area contributed by atoms with E-state index in [0.717, 1.165) is 10.8 Å². The van der Waals surface area contributed by atoms with Crippen molar-refractivity contribution in [1.29, 1.82) is 0 Å². The van der Waals surface area contributed by atoms with E-state index in [1.807, 2.05) is 53.9 Å². The molecule has 2 aromatic heterocycles. The minimum atomic E-state index is -0.335. The van der Waals surface area contributed by atoms with Crippen LogP contribution < -0.4 is 10.6 Å². The minimum absolute atomic E-state index is 0.228. The monoisotopic (exact) mass is 376 g/mol. The second-order valence-corrected chi connectivity index (χ2v) is 6.90. The Kier molecular flexibility index (Phi) is 4.43. The molecule has 0 bridgehead atoms. The van der Waals surface area contributed by atoms with Gasteiger partial charge in [-0.15, -0.1) is 11.3 Å². The van der Waals surface area contributed by atoms with Crippen LogP contribution in [0, 0.1) is 0 Å². The van der Waals surface area contributed by atoms with Crippen molar-refractivity contribution in [3.05, 3.63) is 76.6 Å². The highest BCUT2D eigenvalue weighted by atomic mass is 32.1. The molecule has 134 valence electrons. The number of carbonyl (C=O) groups excluding carboxylic acids is 2. The van der Waals surface area contributed by atoms with Crippen LogP contribution in [0.1, 0.15) is 20.2 Å². The molecule has 0 aliphatic carbocycles. The van der Waals surface area contributed by atoms with Gasteiger partial charge in [0.25, 0.3) is 11.8 Å². The van der Waals surface area contributed by atoms with E-state index in [4.69, 9.17) is 0 Å². The van der Waals surface area contributed by atoms with Crippen molar-refractivity contribution in [2.75, 3.05) is 10.6 Å². The van der Waals surface area contributed by atoms with Crippen molar-refractivity contribution >= 4 is 45.4 Å². The maximum absolute atomic E-state index is 12.6. The topological polar surface area (TPSA) is 76.0 Å². The number of carbonyl (C=O) groups is 2. The highest BCUT2D eigenvalue weighted by molar-refractivity contribution is 7.12. The van der Waals surface area contributed by atoms with Crippen molar-refractivity contribution < 1.29 is 9.59 Å². The number of rotatable bonds is 4. The SMILES string of the molecule is Cn1nc(C(=O)Nc2cccc3ccccc23)cc1NC(=O)c1cccs1. The Bertz CT molecular complexity index is 1130. The zero-order chi connectivity index (χ0) is 18.8. The Balaban J connectivity index is 1.55. The van der Waals surface area contributed by atoms with Crippen LogP contribution in [-0.4, -0.2) is 21.6 Å². The first-order valence-electron chi connectivity index (χ1n) is 8.30. The molecule has 2 aromatic carbocycles. The number of aromatic nitrogens is 2. The highest BCUT2D eigenvalue weighted by Crippen LogP contribution is 2.23. The van der Waals surface area contributed by atoms with E-state index >= 15 is 0 Å². The molecular weight excluding hydrogens is 360 g/mol. The van der Waals surface area contributed by atoms with Gasteiger partial charge in [-0.25, -0.2) is 0 Å². The second-order valence-electron chi connectivity index (χ2n) is 5.95. The summed E-state index contributed by atoms with van der Waals surface area (Å²) in [5.41, 5.74) is 0.944. The lowest BCUT2D eigenvalue weighted by Crippen LogP contribution is -2.13. The van der Waals surface area contributed by atoms with Crippen molar-refractivity contribution in [3.8, 4) is 0 Å². The van der Waals surface area contributed by atoms with Crippen molar-refractivity contribution in [1.82, 2.24) is 9.78 Å². The number of nitrogens with one attached hydrogen (secondary N) is 2. The van der Waals surface area contributed by atoms with Crippen LogP contribution >= 0.6 is 11.3 Å². The summed E-state index contributed by atoms with van der Waals surface area (Å²) in [6, 6.07) is 18.7. The normalized spacial score (nSPS) is 10.7. The quantitative estimate of drug-likeness (QED) is 0.562. The number of thiophene rings is 1. The van der Waals surface area contributed by atoms with E-state index in [9.17, 15) is 9.59 Å². The predicted molar refractivity (Wildman–Crippen MR) is 107 cm³/mol. The number of nitrogens with zero attached hydrogens (tertiary/aromatic N) is 2. The molecule has 0 saturated carbocycles. The van der Waals surface area contributed by atoms with Gasteiger partial charge in [-0.3, -0.25) is 14.3 Å². The maximum Gasteiger partial charge on any atom is 0.276 e. The molecule has 2 heterocycles. The average Bonchev–Trinajstić information content (AvgIpc) is 3.33. The third-order valence-corrected chi connectivity index (χ3v) is 5.01. The molecule has 0 saturated heterocycles. The lowest BCUT2D eigenvalue weighted by atomic mass is 10.1. The first-order chi connectivity index (χ1) is 13.1. The molecule has 0 radical (unpaired) electrons. The fourth-order valence-electron chi connectivity index (χ4n) is 2.80. The molecule has 0 aliphatic heterocycles. The molecule has 0 unspecified atom stereocenters. The van der Waals surface area contributed by atoms with Crippen LogP contribution in [0.2, 0.25) is 0 Å². The van der Waals surface area contributed by atoms with Crippen molar-refractivity contribution in [2.45, 2.75) is 0 Å². The molecule has 7 heteroatoms. The van der Waals surface area contributed by atoms with Gasteiger partial charge in [0.15, 0.2) is 5.69 Å². The lowest BCUT2D eigenvalue weighted by molar-refractivity contribution is 0.101. The number of anilines is 2. The van der Waals surface area contributed by atoms with Gasteiger partial charge in [-0.05, 0) is 22.9 Å². The third kappa shape index (κ3) is 3.45. The third-order valence-electron chi connectivity index (χ3n) is 4.14. The summed E-state index contributed by atoms with van der Waals surface area (Å²) in [7, 11) is 1.68. The van der Waals surface area contributed by atoms with Crippen LogP contribution in [0.5, 0.6) is 0 Å². The standard InChI is InChI=1S/C20H16N4O2S/c1-24-18(22-20(26)17-10-5-11-27-17)12-16(23-24)19(25)21-15-9-4-7-13-6-2-3-8-14(13)15/h2-12H,1H3,(H,21,25)(H,22,26). The predicted octanol–water partition coefficient (Wildman–Crippen LogP) is 4.14. The van der Waals surface area contributed by atoms with E-state index < -0.39 is 0 Å². The Morgan fingerprint density at radius 1 is 0.963 bits per heavy atom. The Morgan fingerprint density at radius 3 is 2.59 bits per heavy atom. The largest absolute Gasteiger partial charge is 0.320 e. The zero-order valence-electron chi connectivity index (χ0n) is 14.5. The van der Waals surface area contributed by atoms with Gasteiger partial charge in [-0.1, -0.05) is 42.5 Å². The Hall–Kier alpha value is -3.45. The molecule has 0 aliphatic rings. The number of hydrogen-bond acceptors (Lipinski definition) is 4. The molecular formula is C20H16N4O2S. The first kappa shape index (κ1) is 17.0. The smallest absolute Gasteiger partial charge is 0.276 e. The second kappa shape index (κ2) is 7.05. The van der Waals surface area contributed by atoms with Gasteiger partial charge in [0, 0.05) is 24.2 Å². The molecule has 27 heavy (non-hydrogen) atoms. The molecule has 0 atom stereocenters. The summed E-state index contributed by atoms with van der Waals surface area (Å²) in [4.78, 5) is 25.4. The van der Waals surface area contributed by atoms with Crippen molar-refractivity contribution in [2.24, 2.45) is 7.05 Å². The number of fused-ring (bicyclic) bond motifs is 1. The van der Waals surface area contributed by atoms with E-state index in [1.165, 1.54) is 16.0 Å². The van der Waals surface area contributed by atoms with Crippen LogP contribution in [0.25, 0.3) is 10.8 Å². The van der Waals surface area contributed by atoms with Crippen LogP contribution in [0.15, 0.2) is 66.0 Å². The molecule has 2 amide bonds. The minimum Gasteiger partial charge on any atom is -0.320 e. The average molecular weight is 376 g/mol. The summed E-state index contributed by atoms with van der Waals surface area (Å²) in [6.45, 7) is 0. The number of amides is 2. The fraction of sp³-hybridized carbons (Fsp3) is 0.0500. The Labute approximate surface area is 159 Å². The highest BCUT2D eigenvalue weighted by Gasteiger charge is 2.16. The van der Waals surface area contributed by atoms with Gasteiger partial charge in [-0.2, -0.15) is 5.10 Å². The van der Waals surface area contributed by atoms with E-state index in [2.05, 4.69) is 15.7 Å². The van der Waals surface area contributed by atoms with Crippen LogP contribution in [0.3, 0.4) is 0 Å². The molecule has 2 N–H and O–H groups in total. The summed E-state index contributed by atoms with van der Waals surface area (Å²) < 4.78 is 1.48. The summed E-state index contributed by atoms with van der Waals surface area (Å²) in [5, 5.41) is 13.7. The van der Waals surface area contributed by atoms with Gasteiger partial charge < -0.3 is 10.6 Å². The van der Waals surface area contributed by atoms with Crippen LogP contribution in [0.4, 0.5) is 11.5 Å². The van der Waals surface area contributed by atoms with Gasteiger partial charge in [0.1, 0.15) is 5.82 Å². The molecule has 4 aromatic rings. The number of aryl methyl sites for hydroxylation is 1. The van der Waals surface area contributed by atoms with Crippen LogP contribution in [-0.2, 0) is 7.05 Å². The molecule has 4 rings (SSSR count). The zero-order valence-corrected chi connectivity index (χ0v) is 15.3. The maximum atomic E-state index is 12.6. The fourth-order valence-corrected chi connectivity index (χ4v) is 3.42. The Morgan fingerprint density at radius 2 is 1.78 bits per heavy atom. The first-order valence-corrected chi connectivity index (χ1v) is 9.18. The molecule has 0 fully saturated rings. The lowest BCUT2D eigenvalue weighted by Gasteiger charge is -2.07. The van der Waals surface area contributed by atoms with Gasteiger partial charge in [0.2, 0.25) is 0 Å².